The molecule has 37 heavy (non-hydrogen) atoms. The molecule has 5 heterocycles. The molecule has 0 aliphatic carbocycles. The summed E-state index contributed by atoms with van der Waals surface area (Å²) < 4.78 is 9.23. The summed E-state index contributed by atoms with van der Waals surface area (Å²) in [4.78, 5) is 16.4. The van der Waals surface area contributed by atoms with Crippen LogP contribution in [0.3, 0.4) is 0 Å². The summed E-state index contributed by atoms with van der Waals surface area (Å²) in [5, 5.41) is 8.34. The maximum Gasteiger partial charge on any atom is 0.162 e. The minimum Gasteiger partial charge on any atom is -0.378 e. The van der Waals surface area contributed by atoms with Crippen LogP contribution in [0.1, 0.15) is 32.6 Å². The molecule has 6 rings (SSSR count). The van der Waals surface area contributed by atoms with Crippen molar-refractivity contribution in [3.05, 3.63) is 35.3 Å². The number of anilines is 1. The number of piperazine rings is 1. The molecule has 200 valence electrons. The maximum atomic E-state index is 5.61. The molecule has 1 N–H and O–H groups in total. The largest absolute Gasteiger partial charge is 0.378 e. The van der Waals surface area contributed by atoms with E-state index >= 15 is 0 Å². The number of benzene rings is 1. The third kappa shape index (κ3) is 6.26. The SMILES string of the molecule is CC.CC.CSN1CCN(Cc2cc3nc(-c4cccc5[nH]ncc45)nc(N4CCOCC4)c3s2)CC1. The van der Waals surface area contributed by atoms with E-state index in [-0.39, 0.29) is 0 Å². The number of nitrogens with zero attached hydrogens (tertiary/aromatic N) is 6. The van der Waals surface area contributed by atoms with Crippen molar-refractivity contribution in [2.45, 2.75) is 34.2 Å². The van der Waals surface area contributed by atoms with Crippen molar-refractivity contribution in [3.8, 4) is 11.4 Å². The highest BCUT2D eigenvalue weighted by atomic mass is 32.2. The van der Waals surface area contributed by atoms with Gasteiger partial charge in [0.05, 0.1) is 35.1 Å². The second kappa shape index (κ2) is 13.5. The molecule has 2 saturated heterocycles. The fourth-order valence-corrected chi connectivity index (χ4v) is 6.29. The number of fused-ring (bicyclic) bond motifs is 2. The van der Waals surface area contributed by atoms with Crippen LogP contribution in [0.25, 0.3) is 32.5 Å². The summed E-state index contributed by atoms with van der Waals surface area (Å²) in [5.41, 5.74) is 3.04. The molecule has 2 aliphatic heterocycles. The maximum absolute atomic E-state index is 5.61. The zero-order chi connectivity index (χ0) is 26.2. The van der Waals surface area contributed by atoms with Crippen LogP contribution >= 0.6 is 23.3 Å². The van der Waals surface area contributed by atoms with E-state index in [0.29, 0.717) is 0 Å². The number of hydrogen-bond acceptors (Lipinski definition) is 9. The fourth-order valence-electron chi connectivity index (χ4n) is 4.61. The van der Waals surface area contributed by atoms with E-state index in [9.17, 15) is 0 Å². The highest BCUT2D eigenvalue weighted by Gasteiger charge is 2.22. The average Bonchev–Trinajstić information content (AvgIpc) is 3.62. The number of hydrogen-bond donors (Lipinski definition) is 1. The molecule has 2 fully saturated rings. The topological polar surface area (TPSA) is 73.4 Å². The minimum atomic E-state index is 0.732. The molecule has 10 heteroatoms. The van der Waals surface area contributed by atoms with Gasteiger partial charge in [0.15, 0.2) is 11.6 Å². The molecule has 8 nitrogen and oxygen atoms in total. The van der Waals surface area contributed by atoms with Crippen molar-refractivity contribution >= 4 is 50.2 Å². The van der Waals surface area contributed by atoms with E-state index in [0.717, 1.165) is 92.7 Å². The zero-order valence-electron chi connectivity index (χ0n) is 22.7. The molecule has 0 unspecified atom stereocenters. The molecule has 0 saturated carbocycles. The number of H-pyrrole nitrogens is 1. The summed E-state index contributed by atoms with van der Waals surface area (Å²) in [5.74, 6) is 1.79. The van der Waals surface area contributed by atoms with Crippen LogP contribution in [0.5, 0.6) is 0 Å². The highest BCUT2D eigenvalue weighted by Crippen LogP contribution is 2.36. The predicted octanol–water partition coefficient (Wildman–Crippen LogP) is 5.52. The number of thiophene rings is 1. The van der Waals surface area contributed by atoms with Gasteiger partial charge in [-0.1, -0.05) is 51.8 Å². The molecule has 0 spiro atoms. The molecule has 3 aromatic heterocycles. The Labute approximate surface area is 228 Å². The first-order valence-electron chi connectivity index (χ1n) is 13.4. The van der Waals surface area contributed by atoms with Crippen LogP contribution in [0.15, 0.2) is 30.5 Å². The molecule has 0 bridgehead atoms. The smallest absolute Gasteiger partial charge is 0.162 e. The Balaban J connectivity index is 0.000000765. The van der Waals surface area contributed by atoms with Gasteiger partial charge in [-0.05, 0) is 18.4 Å². The van der Waals surface area contributed by atoms with Crippen LogP contribution in [0.2, 0.25) is 0 Å². The van der Waals surface area contributed by atoms with Gasteiger partial charge in [0.25, 0.3) is 0 Å². The van der Waals surface area contributed by atoms with E-state index in [4.69, 9.17) is 14.7 Å². The lowest BCUT2D eigenvalue weighted by atomic mass is 10.1. The number of aromatic nitrogens is 4. The average molecular weight is 542 g/mol. The standard InChI is InChI=1S/C23H27N7OS2.2C2H6/c1-32-30-7-5-28(6-8-30)15-16-13-20-21(33-16)23(29-9-11-31-12-10-29)26-22(25-20)17-3-2-4-19-18(17)14-24-27-19;2*1-2/h2-4,13-14H,5-12,15H2,1H3,(H,24,27);2*1-2H3. The third-order valence-electron chi connectivity index (χ3n) is 6.41. The first-order chi connectivity index (χ1) is 18.3. The van der Waals surface area contributed by atoms with Gasteiger partial charge in [-0.2, -0.15) is 5.10 Å². The Morgan fingerprint density at radius 3 is 2.49 bits per heavy atom. The van der Waals surface area contributed by atoms with Crippen LogP contribution in [0, 0.1) is 0 Å². The van der Waals surface area contributed by atoms with Gasteiger partial charge in [-0.3, -0.25) is 10.00 Å². The van der Waals surface area contributed by atoms with Crippen LogP contribution in [0.4, 0.5) is 5.82 Å². The van der Waals surface area contributed by atoms with E-state index in [1.54, 1.807) is 0 Å². The van der Waals surface area contributed by atoms with Crippen molar-refractivity contribution < 1.29 is 4.74 Å². The van der Waals surface area contributed by atoms with E-state index < -0.39 is 0 Å². The lowest BCUT2D eigenvalue weighted by molar-refractivity contribution is 0.122. The molecule has 0 amide bonds. The second-order valence-corrected chi connectivity index (χ2v) is 10.4. The van der Waals surface area contributed by atoms with Crippen LogP contribution in [-0.2, 0) is 11.3 Å². The van der Waals surface area contributed by atoms with Gasteiger partial charge in [0, 0.05) is 61.6 Å². The Kier molecular flexibility index (Phi) is 10.2. The summed E-state index contributed by atoms with van der Waals surface area (Å²) in [6, 6.07) is 8.42. The second-order valence-electron chi connectivity index (χ2n) is 8.42. The van der Waals surface area contributed by atoms with E-state index in [1.807, 2.05) is 69.3 Å². The molecular formula is C27H39N7OS2. The number of morpholine rings is 1. The monoisotopic (exact) mass is 541 g/mol. The minimum absolute atomic E-state index is 0.732. The number of nitrogens with one attached hydrogen (secondary N) is 1. The fraction of sp³-hybridized carbons (Fsp3) is 0.519. The van der Waals surface area contributed by atoms with Gasteiger partial charge in [0.2, 0.25) is 0 Å². The molecule has 0 atom stereocenters. The van der Waals surface area contributed by atoms with Crippen molar-refractivity contribution in [2.75, 3.05) is 63.6 Å². The van der Waals surface area contributed by atoms with Gasteiger partial charge in [-0.25, -0.2) is 14.3 Å². The summed E-state index contributed by atoms with van der Waals surface area (Å²) >= 11 is 3.69. The molecular weight excluding hydrogens is 502 g/mol. The molecule has 2 aliphatic rings. The number of rotatable bonds is 5. The van der Waals surface area contributed by atoms with Crippen molar-refractivity contribution in [1.29, 1.82) is 0 Å². The quantitative estimate of drug-likeness (QED) is 0.331. The van der Waals surface area contributed by atoms with E-state index in [1.165, 1.54) is 9.58 Å². The first kappa shape index (κ1) is 27.8. The zero-order valence-corrected chi connectivity index (χ0v) is 24.3. The Morgan fingerprint density at radius 2 is 1.76 bits per heavy atom. The van der Waals surface area contributed by atoms with E-state index in [2.05, 4.69) is 42.7 Å². The number of aromatic amines is 1. The van der Waals surface area contributed by atoms with Gasteiger partial charge >= 0.3 is 0 Å². The molecule has 4 aromatic rings. The van der Waals surface area contributed by atoms with Gasteiger partial charge in [-0.15, -0.1) is 11.3 Å². The summed E-state index contributed by atoms with van der Waals surface area (Å²) in [6.07, 6.45) is 4.02. The van der Waals surface area contributed by atoms with Crippen LogP contribution in [-0.4, -0.2) is 88.1 Å². The lowest BCUT2D eigenvalue weighted by Gasteiger charge is -2.32. The Hall–Kier alpha value is -2.24. The Morgan fingerprint density at radius 1 is 1.00 bits per heavy atom. The van der Waals surface area contributed by atoms with Crippen molar-refractivity contribution in [3.63, 3.8) is 0 Å². The molecule has 1 aromatic carbocycles. The van der Waals surface area contributed by atoms with Crippen molar-refractivity contribution in [1.82, 2.24) is 29.4 Å². The summed E-state index contributed by atoms with van der Waals surface area (Å²) in [6.45, 7) is 16.6. The first-order valence-corrected chi connectivity index (χ1v) is 15.4. The van der Waals surface area contributed by atoms with Crippen molar-refractivity contribution in [2.24, 2.45) is 0 Å². The third-order valence-corrected chi connectivity index (χ3v) is 8.40. The number of ether oxygens (including phenoxy) is 1. The predicted molar refractivity (Wildman–Crippen MR) is 159 cm³/mol. The summed E-state index contributed by atoms with van der Waals surface area (Å²) in [7, 11) is 0. The molecule has 0 radical (unpaired) electrons. The Bertz CT molecular complexity index is 1260. The highest BCUT2D eigenvalue weighted by molar-refractivity contribution is 7.96. The van der Waals surface area contributed by atoms with Gasteiger partial charge < -0.3 is 9.64 Å². The van der Waals surface area contributed by atoms with Crippen LogP contribution < -0.4 is 4.90 Å². The van der Waals surface area contributed by atoms with Gasteiger partial charge in [0.1, 0.15) is 0 Å². The lowest BCUT2D eigenvalue weighted by Crippen LogP contribution is -2.42. The normalized spacial score (nSPS) is 16.8.